The lowest BCUT2D eigenvalue weighted by Crippen LogP contribution is -1.86. The van der Waals surface area contributed by atoms with Crippen LogP contribution >= 0.6 is 0 Å². The van der Waals surface area contributed by atoms with Gasteiger partial charge in [0.1, 0.15) is 11.5 Å². The summed E-state index contributed by atoms with van der Waals surface area (Å²) in [6.45, 7) is 9.63. The van der Waals surface area contributed by atoms with Crippen molar-refractivity contribution in [3.8, 4) is 11.5 Å². The normalized spacial score (nSPS) is 14.8. The van der Waals surface area contributed by atoms with Crippen LogP contribution in [0.5, 0.6) is 11.5 Å². The molecule has 3 heterocycles. The average molecular weight is 403 g/mol. The molecule has 3 aromatic carbocycles. The zero-order valence-electron chi connectivity index (χ0n) is 18.2. The van der Waals surface area contributed by atoms with E-state index in [4.69, 9.17) is 14.2 Å². The van der Waals surface area contributed by atoms with E-state index in [1.54, 1.807) is 0 Å². The number of aryl methyl sites for hydroxylation is 3. The van der Waals surface area contributed by atoms with Gasteiger partial charge >= 0.3 is 0 Å². The van der Waals surface area contributed by atoms with Crippen molar-refractivity contribution in [2.75, 3.05) is 13.2 Å². The molecule has 0 radical (unpaired) electrons. The lowest BCUT2D eigenvalue weighted by Gasteiger charge is -1.97. The summed E-state index contributed by atoms with van der Waals surface area (Å²) in [7, 11) is 0. The lowest BCUT2D eigenvalue weighted by molar-refractivity contribution is 0.134. The van der Waals surface area contributed by atoms with Crippen LogP contribution in [0.1, 0.15) is 38.9 Å². The SMILES string of the molecule is Cc1ccc2c(c1)CCO2.Cc1ccc2c(c1)COC2.Cc1ccc2c(c1)OCC2. The van der Waals surface area contributed by atoms with Crippen LogP contribution in [0.2, 0.25) is 0 Å². The molecule has 6 rings (SSSR count). The molecule has 0 aliphatic carbocycles. The summed E-state index contributed by atoms with van der Waals surface area (Å²) in [4.78, 5) is 0. The number of ether oxygens (including phenoxy) is 3. The second kappa shape index (κ2) is 9.36. The number of rotatable bonds is 0. The van der Waals surface area contributed by atoms with Crippen molar-refractivity contribution in [1.29, 1.82) is 0 Å². The van der Waals surface area contributed by atoms with Gasteiger partial charge in [-0.05, 0) is 60.7 Å². The second-order valence-electron chi connectivity index (χ2n) is 8.18. The molecule has 0 atom stereocenters. The Morgan fingerprint density at radius 1 is 0.533 bits per heavy atom. The summed E-state index contributed by atoms with van der Waals surface area (Å²) in [5.74, 6) is 2.16. The highest BCUT2D eigenvalue weighted by atomic mass is 16.5. The van der Waals surface area contributed by atoms with Gasteiger partial charge in [0.05, 0.1) is 26.4 Å². The van der Waals surface area contributed by atoms with Crippen LogP contribution in [-0.2, 0) is 30.8 Å². The summed E-state index contributed by atoms with van der Waals surface area (Å²) in [5, 5.41) is 0. The third-order valence-corrected chi connectivity index (χ3v) is 5.57. The van der Waals surface area contributed by atoms with Crippen LogP contribution in [0, 0.1) is 20.8 Å². The first-order chi connectivity index (χ1) is 14.6. The van der Waals surface area contributed by atoms with Crippen molar-refractivity contribution in [3.05, 3.63) is 93.5 Å². The van der Waals surface area contributed by atoms with E-state index in [-0.39, 0.29) is 0 Å². The summed E-state index contributed by atoms with van der Waals surface area (Å²) < 4.78 is 16.0. The van der Waals surface area contributed by atoms with Gasteiger partial charge in [-0.25, -0.2) is 0 Å². The molecule has 0 amide bonds. The Labute approximate surface area is 179 Å². The molecular formula is C27H30O3. The standard InChI is InChI=1S/3C9H10O/c1-7-2-3-8-5-10-6-9(8)4-7;1-7-2-3-9-8(6-7)4-5-10-9;1-7-2-3-8-4-5-10-9(8)6-7/h2-4H,5-6H2,1H3;2*2-3,6H,4-5H2,1H3. The molecule has 0 unspecified atom stereocenters. The third-order valence-electron chi connectivity index (χ3n) is 5.57. The molecule has 3 aliphatic heterocycles. The largest absolute Gasteiger partial charge is 0.493 e. The smallest absolute Gasteiger partial charge is 0.122 e. The first kappa shape index (κ1) is 20.5. The molecular weight excluding hydrogens is 372 g/mol. The van der Waals surface area contributed by atoms with Crippen molar-refractivity contribution >= 4 is 0 Å². The first-order valence-electron chi connectivity index (χ1n) is 10.7. The van der Waals surface area contributed by atoms with Crippen LogP contribution in [-0.4, -0.2) is 13.2 Å². The van der Waals surface area contributed by atoms with Gasteiger partial charge in [-0.15, -0.1) is 0 Å². The molecule has 0 bridgehead atoms. The van der Waals surface area contributed by atoms with Crippen LogP contribution in [0.3, 0.4) is 0 Å². The lowest BCUT2D eigenvalue weighted by atomic mass is 10.1. The van der Waals surface area contributed by atoms with E-state index in [2.05, 4.69) is 75.4 Å². The van der Waals surface area contributed by atoms with Gasteiger partial charge in [-0.2, -0.15) is 0 Å². The summed E-state index contributed by atoms with van der Waals surface area (Å²) in [6.07, 6.45) is 2.16. The molecule has 3 aromatic rings. The van der Waals surface area contributed by atoms with Gasteiger partial charge < -0.3 is 14.2 Å². The molecule has 0 saturated heterocycles. The van der Waals surface area contributed by atoms with Crippen LogP contribution < -0.4 is 9.47 Å². The van der Waals surface area contributed by atoms with Crippen molar-refractivity contribution in [3.63, 3.8) is 0 Å². The average Bonchev–Trinajstić information content (AvgIpc) is 3.48. The second-order valence-corrected chi connectivity index (χ2v) is 8.18. The third kappa shape index (κ3) is 5.03. The maximum Gasteiger partial charge on any atom is 0.122 e. The maximum absolute atomic E-state index is 5.38. The van der Waals surface area contributed by atoms with Crippen LogP contribution in [0.15, 0.2) is 54.6 Å². The highest BCUT2D eigenvalue weighted by Gasteiger charge is 2.11. The number of hydrogen-bond donors (Lipinski definition) is 0. The van der Waals surface area contributed by atoms with Crippen LogP contribution in [0.25, 0.3) is 0 Å². The van der Waals surface area contributed by atoms with Gasteiger partial charge in [0.15, 0.2) is 0 Å². The Hall–Kier alpha value is -2.78. The highest BCUT2D eigenvalue weighted by Crippen LogP contribution is 2.26. The minimum atomic E-state index is 0.801. The van der Waals surface area contributed by atoms with Gasteiger partial charge in [0.25, 0.3) is 0 Å². The van der Waals surface area contributed by atoms with Gasteiger partial charge in [-0.1, -0.05) is 53.6 Å². The summed E-state index contributed by atoms with van der Waals surface area (Å²) in [6, 6.07) is 19.2. The fourth-order valence-electron chi connectivity index (χ4n) is 3.89. The molecule has 0 spiro atoms. The molecule has 3 heteroatoms. The molecule has 0 aromatic heterocycles. The van der Waals surface area contributed by atoms with Gasteiger partial charge in [-0.3, -0.25) is 0 Å². The molecule has 0 N–H and O–H groups in total. The van der Waals surface area contributed by atoms with E-state index in [1.165, 1.54) is 38.9 Å². The quantitative estimate of drug-likeness (QED) is 0.470. The van der Waals surface area contributed by atoms with Crippen molar-refractivity contribution in [2.45, 2.75) is 46.8 Å². The van der Waals surface area contributed by atoms with E-state index in [1.807, 2.05) is 0 Å². The van der Waals surface area contributed by atoms with Gasteiger partial charge in [0.2, 0.25) is 0 Å². The number of benzene rings is 3. The Kier molecular flexibility index (Phi) is 6.39. The van der Waals surface area contributed by atoms with Crippen molar-refractivity contribution in [2.24, 2.45) is 0 Å². The molecule has 0 fully saturated rings. The maximum atomic E-state index is 5.38. The monoisotopic (exact) mass is 402 g/mol. The molecule has 0 saturated carbocycles. The van der Waals surface area contributed by atoms with E-state index in [9.17, 15) is 0 Å². The molecule has 3 nitrogen and oxygen atoms in total. The molecule has 30 heavy (non-hydrogen) atoms. The Balaban J connectivity index is 0.000000109. The van der Waals surface area contributed by atoms with E-state index < -0.39 is 0 Å². The predicted octanol–water partition coefficient (Wildman–Crippen LogP) is 5.89. The minimum Gasteiger partial charge on any atom is -0.493 e. The van der Waals surface area contributed by atoms with Crippen molar-refractivity contribution in [1.82, 2.24) is 0 Å². The van der Waals surface area contributed by atoms with E-state index in [0.717, 1.165) is 50.8 Å². The number of hydrogen-bond acceptors (Lipinski definition) is 3. The van der Waals surface area contributed by atoms with Crippen molar-refractivity contribution < 1.29 is 14.2 Å². The summed E-state index contributed by atoms with van der Waals surface area (Å²) in [5.41, 5.74) is 9.35. The van der Waals surface area contributed by atoms with Crippen LogP contribution in [0.4, 0.5) is 0 Å². The zero-order chi connectivity index (χ0) is 20.9. The summed E-state index contributed by atoms with van der Waals surface area (Å²) >= 11 is 0. The van der Waals surface area contributed by atoms with Gasteiger partial charge in [0, 0.05) is 12.8 Å². The van der Waals surface area contributed by atoms with E-state index in [0.29, 0.717) is 0 Å². The molecule has 3 aliphatic rings. The number of fused-ring (bicyclic) bond motifs is 3. The first-order valence-corrected chi connectivity index (χ1v) is 10.7. The minimum absolute atomic E-state index is 0.801. The Morgan fingerprint density at radius 2 is 1.10 bits per heavy atom. The zero-order valence-corrected chi connectivity index (χ0v) is 18.2. The Morgan fingerprint density at radius 3 is 1.90 bits per heavy atom. The van der Waals surface area contributed by atoms with E-state index >= 15 is 0 Å². The predicted molar refractivity (Wildman–Crippen MR) is 120 cm³/mol. The Bertz CT molecular complexity index is 891. The fraction of sp³-hybridized carbons (Fsp3) is 0.333. The highest BCUT2D eigenvalue weighted by molar-refractivity contribution is 5.40. The topological polar surface area (TPSA) is 27.7 Å². The fourth-order valence-corrected chi connectivity index (χ4v) is 3.89. The molecule has 156 valence electrons.